The first-order valence-electron chi connectivity index (χ1n) is 10.1. The van der Waals surface area contributed by atoms with E-state index in [0.29, 0.717) is 19.5 Å². The summed E-state index contributed by atoms with van der Waals surface area (Å²) in [6, 6.07) is 4.71. The van der Waals surface area contributed by atoms with E-state index >= 15 is 0 Å². The summed E-state index contributed by atoms with van der Waals surface area (Å²) in [7, 11) is -4.71. The van der Waals surface area contributed by atoms with Gasteiger partial charge in [-0.3, -0.25) is 14.2 Å². The minimum Gasteiger partial charge on any atom is -0.324 e. The Kier molecular flexibility index (Phi) is 6.01. The van der Waals surface area contributed by atoms with Gasteiger partial charge in [0.15, 0.2) is 0 Å². The highest BCUT2D eigenvalue weighted by Crippen LogP contribution is 2.30. The van der Waals surface area contributed by atoms with Crippen LogP contribution >= 0.6 is 0 Å². The molecule has 0 saturated carbocycles. The van der Waals surface area contributed by atoms with Crippen molar-refractivity contribution in [3.05, 3.63) is 36.4 Å². The monoisotopic (exact) mass is 394 g/mol. The highest BCUT2D eigenvalue weighted by Gasteiger charge is 2.26. The molecule has 2 aromatic carbocycles. The Morgan fingerprint density at radius 2 is 1.78 bits per heavy atom. The van der Waals surface area contributed by atoms with E-state index in [-0.39, 0.29) is 28.3 Å². The van der Waals surface area contributed by atoms with Crippen molar-refractivity contribution >= 4 is 32.5 Å². The lowest BCUT2D eigenvalue weighted by molar-refractivity contribution is -0.121. The third kappa shape index (κ3) is 5.06. The highest BCUT2D eigenvalue weighted by molar-refractivity contribution is 7.86. The zero-order chi connectivity index (χ0) is 21.9. The number of fused-ring (bicyclic) bond motifs is 1. The lowest BCUT2D eigenvalue weighted by Gasteiger charge is -2.30. The van der Waals surface area contributed by atoms with Crippen molar-refractivity contribution in [1.82, 2.24) is 4.90 Å². The summed E-state index contributed by atoms with van der Waals surface area (Å²) in [6.07, 6.45) is 0.621. The Bertz CT molecular complexity index is 1010. The van der Waals surface area contributed by atoms with E-state index in [4.69, 9.17) is 2.74 Å². The quantitative estimate of drug-likeness (QED) is 0.666. The average Bonchev–Trinajstić information content (AvgIpc) is 2.64. The molecule has 0 heterocycles. The minimum absolute atomic E-state index is 0.0731. The maximum atomic E-state index is 13.1. The first-order chi connectivity index (χ1) is 13.5. The molecule has 0 aliphatic rings. The van der Waals surface area contributed by atoms with Gasteiger partial charge in [-0.1, -0.05) is 52.0 Å². The maximum absolute atomic E-state index is 13.1. The summed E-state index contributed by atoms with van der Waals surface area (Å²) in [4.78, 5) is 14.5. The van der Waals surface area contributed by atoms with Gasteiger partial charge in [0.1, 0.15) is 4.90 Å². The van der Waals surface area contributed by atoms with Gasteiger partial charge in [0.2, 0.25) is 5.91 Å². The number of carbonyl (C=O) groups is 1. The number of benzene rings is 2. The number of hydrogen-bond acceptors (Lipinski definition) is 4. The van der Waals surface area contributed by atoms with Gasteiger partial charge in [0, 0.05) is 16.5 Å². The predicted molar refractivity (Wildman–Crippen MR) is 109 cm³/mol. The number of anilines is 1. The third-order valence-corrected chi connectivity index (χ3v) is 5.34. The molecular formula is C20H28N2O4S. The first kappa shape index (κ1) is 18.4. The molecule has 27 heavy (non-hydrogen) atoms. The van der Waals surface area contributed by atoms with Crippen LogP contribution in [0.5, 0.6) is 0 Å². The Balaban J connectivity index is 2.62. The van der Waals surface area contributed by atoms with E-state index in [1.54, 1.807) is 18.2 Å². The number of amides is 1. The molecule has 0 unspecified atom stereocenters. The SMILES string of the molecule is [2H]c1c([2H])c(S(=O)(=O)O)c2ccccc2c1NC(=O)[C@H](CC(C)C)N(CC)CC. The molecule has 0 aromatic heterocycles. The zero-order valence-corrected chi connectivity index (χ0v) is 16.9. The van der Waals surface area contributed by atoms with E-state index in [1.165, 1.54) is 6.07 Å². The second-order valence-electron chi connectivity index (χ2n) is 6.83. The lowest BCUT2D eigenvalue weighted by atomic mass is 10.0. The van der Waals surface area contributed by atoms with Gasteiger partial charge < -0.3 is 5.32 Å². The molecule has 2 N–H and O–H groups in total. The van der Waals surface area contributed by atoms with E-state index in [1.807, 2.05) is 32.6 Å². The molecule has 2 rings (SSSR count). The van der Waals surface area contributed by atoms with E-state index in [9.17, 15) is 17.8 Å². The Hall–Kier alpha value is -1.96. The second-order valence-corrected chi connectivity index (χ2v) is 8.19. The van der Waals surface area contributed by atoms with Crippen molar-refractivity contribution in [2.75, 3.05) is 18.4 Å². The molecule has 148 valence electrons. The van der Waals surface area contributed by atoms with E-state index in [0.717, 1.165) is 0 Å². The molecule has 0 fully saturated rings. The topological polar surface area (TPSA) is 86.7 Å². The van der Waals surface area contributed by atoms with Crippen molar-refractivity contribution in [3.8, 4) is 0 Å². The Labute approximate surface area is 164 Å². The third-order valence-electron chi connectivity index (χ3n) is 4.50. The average molecular weight is 395 g/mol. The van der Waals surface area contributed by atoms with Gasteiger partial charge in [-0.15, -0.1) is 0 Å². The van der Waals surface area contributed by atoms with Crippen LogP contribution in [0.1, 0.15) is 36.9 Å². The number of hydrogen-bond donors (Lipinski definition) is 2. The summed E-state index contributed by atoms with van der Waals surface area (Å²) in [6.45, 7) is 9.36. The summed E-state index contributed by atoms with van der Waals surface area (Å²) >= 11 is 0. The standard InChI is InChI=1S/C20H28N2O4S/c1-5-22(6-2)18(13-14(3)4)20(23)21-17-11-12-19(27(24,25)26)16-10-8-7-9-15(16)17/h7-12,14,18H,5-6,13H2,1-4H3,(H,21,23)(H,24,25,26)/t18-/m0/s1/i11D,12D. The molecule has 1 atom stereocenters. The molecule has 0 aliphatic heterocycles. The summed E-state index contributed by atoms with van der Waals surface area (Å²) in [5.74, 6) is -0.0349. The van der Waals surface area contributed by atoms with Crippen LogP contribution in [0.4, 0.5) is 5.69 Å². The normalized spacial score (nSPS) is 14.3. The lowest BCUT2D eigenvalue weighted by Crippen LogP contribution is -2.44. The first-order valence-corrected chi connectivity index (χ1v) is 10.5. The Morgan fingerprint density at radius 3 is 2.30 bits per heavy atom. The van der Waals surface area contributed by atoms with Crippen LogP contribution in [-0.4, -0.2) is 42.9 Å². The van der Waals surface area contributed by atoms with Crippen molar-refractivity contribution in [3.63, 3.8) is 0 Å². The zero-order valence-electron chi connectivity index (χ0n) is 18.1. The smallest absolute Gasteiger partial charge is 0.295 e. The molecule has 1 amide bonds. The molecule has 6 nitrogen and oxygen atoms in total. The number of nitrogens with zero attached hydrogens (tertiary/aromatic N) is 1. The fraction of sp³-hybridized carbons (Fsp3) is 0.450. The van der Waals surface area contributed by atoms with Gasteiger partial charge in [-0.25, -0.2) is 0 Å². The second kappa shape index (κ2) is 8.82. The largest absolute Gasteiger partial charge is 0.324 e. The minimum atomic E-state index is -4.71. The van der Waals surface area contributed by atoms with Crippen molar-refractivity contribution in [1.29, 1.82) is 0 Å². The number of rotatable bonds is 8. The van der Waals surface area contributed by atoms with Crippen molar-refractivity contribution in [2.45, 2.75) is 45.1 Å². The summed E-state index contributed by atoms with van der Waals surface area (Å²) < 4.78 is 49.6. The van der Waals surface area contributed by atoms with E-state index < -0.39 is 33.1 Å². The fourth-order valence-corrected chi connectivity index (χ4v) is 3.83. The van der Waals surface area contributed by atoms with Gasteiger partial charge in [-0.05, 0) is 37.5 Å². The van der Waals surface area contributed by atoms with Gasteiger partial charge in [0.05, 0.1) is 8.78 Å². The van der Waals surface area contributed by atoms with Crippen molar-refractivity contribution in [2.24, 2.45) is 5.92 Å². The molecule has 0 aliphatic carbocycles. The van der Waals surface area contributed by atoms with Crippen molar-refractivity contribution < 1.29 is 20.5 Å². The maximum Gasteiger partial charge on any atom is 0.295 e. The number of likely N-dealkylation sites (N-methyl/N-ethyl adjacent to an activating group) is 1. The molecule has 0 spiro atoms. The highest BCUT2D eigenvalue weighted by atomic mass is 32.2. The van der Waals surface area contributed by atoms with Crippen LogP contribution in [0.2, 0.25) is 0 Å². The summed E-state index contributed by atoms with van der Waals surface area (Å²) in [5.41, 5.74) is 0.0731. The molecule has 0 radical (unpaired) electrons. The Morgan fingerprint density at radius 1 is 1.19 bits per heavy atom. The molecule has 7 heteroatoms. The number of carbonyl (C=O) groups excluding carboxylic acids is 1. The van der Waals surface area contributed by atoms with Crippen LogP contribution in [0, 0.1) is 5.92 Å². The fourth-order valence-electron chi connectivity index (χ4n) is 3.19. The van der Waals surface area contributed by atoms with Crippen LogP contribution in [0.15, 0.2) is 41.2 Å². The van der Waals surface area contributed by atoms with Crippen LogP contribution in [-0.2, 0) is 14.9 Å². The predicted octanol–water partition coefficient (Wildman–Crippen LogP) is 3.78. The van der Waals surface area contributed by atoms with Gasteiger partial charge in [-0.2, -0.15) is 8.42 Å². The molecule has 0 saturated heterocycles. The molecule has 2 aromatic rings. The van der Waals surface area contributed by atoms with Crippen LogP contribution in [0.3, 0.4) is 0 Å². The summed E-state index contributed by atoms with van der Waals surface area (Å²) in [5, 5.41) is 3.14. The number of nitrogens with one attached hydrogen (secondary N) is 1. The van der Waals surface area contributed by atoms with Gasteiger partial charge in [0.25, 0.3) is 10.1 Å². The van der Waals surface area contributed by atoms with Crippen LogP contribution < -0.4 is 5.32 Å². The van der Waals surface area contributed by atoms with Gasteiger partial charge >= 0.3 is 0 Å². The molecular weight excluding hydrogens is 364 g/mol. The molecule has 0 bridgehead atoms. The van der Waals surface area contributed by atoms with E-state index in [2.05, 4.69) is 5.32 Å². The van der Waals surface area contributed by atoms with Crippen LogP contribution in [0.25, 0.3) is 10.8 Å².